The smallest absolute Gasteiger partial charge is 0.296 e. The van der Waals surface area contributed by atoms with E-state index in [0.29, 0.717) is 24.9 Å². The Kier molecular flexibility index (Phi) is 8.07. The molecule has 210 valence electrons. The van der Waals surface area contributed by atoms with Crippen molar-refractivity contribution >= 4 is 10.0 Å². The van der Waals surface area contributed by atoms with E-state index >= 15 is 0 Å². The number of sulfonamides is 1. The van der Waals surface area contributed by atoms with E-state index in [4.69, 9.17) is 4.84 Å². The van der Waals surface area contributed by atoms with Crippen LogP contribution in [0.4, 0.5) is 13.2 Å². The Bertz CT molecular complexity index is 1210. The van der Waals surface area contributed by atoms with Gasteiger partial charge in [0.05, 0.1) is 23.1 Å². The second kappa shape index (κ2) is 10.6. The molecule has 0 N–H and O–H groups in total. The van der Waals surface area contributed by atoms with E-state index in [1.54, 1.807) is 30.3 Å². The van der Waals surface area contributed by atoms with Crippen LogP contribution in [-0.2, 0) is 27.5 Å². The Morgan fingerprint density at radius 2 is 1.63 bits per heavy atom. The molecule has 9 heteroatoms. The molecule has 0 spiro atoms. The van der Waals surface area contributed by atoms with Crippen LogP contribution in [0.3, 0.4) is 0 Å². The molecule has 0 bridgehead atoms. The molecule has 0 amide bonds. The summed E-state index contributed by atoms with van der Waals surface area (Å²) in [7, 11) is -3.82. The largest absolute Gasteiger partial charge is 0.416 e. The van der Waals surface area contributed by atoms with Gasteiger partial charge in [0.25, 0.3) is 0 Å². The first kappa shape index (κ1) is 29.1. The number of piperidine rings is 1. The molecule has 2 aromatic rings. The summed E-state index contributed by atoms with van der Waals surface area (Å²) in [6, 6.07) is 11.6. The molecule has 2 atom stereocenters. The minimum Gasteiger partial charge on any atom is -0.296 e. The first-order valence-corrected chi connectivity index (χ1v) is 14.7. The molecule has 4 rings (SSSR count). The van der Waals surface area contributed by atoms with Gasteiger partial charge in [-0.1, -0.05) is 35.9 Å². The molecule has 2 fully saturated rings. The summed E-state index contributed by atoms with van der Waals surface area (Å²) in [5, 5.41) is 2.01. The third kappa shape index (κ3) is 6.11. The van der Waals surface area contributed by atoms with Crippen molar-refractivity contribution in [3.8, 4) is 0 Å². The van der Waals surface area contributed by atoms with E-state index in [1.165, 1.54) is 16.4 Å². The van der Waals surface area contributed by atoms with Crippen molar-refractivity contribution in [2.45, 2.75) is 94.9 Å². The quantitative estimate of drug-likeness (QED) is 0.388. The molecule has 2 aliphatic rings. The van der Waals surface area contributed by atoms with Gasteiger partial charge in [-0.25, -0.2) is 8.42 Å². The van der Waals surface area contributed by atoms with E-state index in [-0.39, 0.29) is 28.5 Å². The highest BCUT2D eigenvalue weighted by atomic mass is 32.2. The maximum absolute atomic E-state index is 13.8. The number of hydroxylamine groups is 2. The van der Waals surface area contributed by atoms with Crippen LogP contribution >= 0.6 is 0 Å². The fraction of sp³-hybridized carbons (Fsp3) is 0.586. The summed E-state index contributed by atoms with van der Waals surface area (Å²) in [4.78, 5) is 6.69. The first-order valence-electron chi connectivity index (χ1n) is 13.3. The molecule has 2 heterocycles. The lowest BCUT2D eigenvalue weighted by Gasteiger charge is -2.51. The van der Waals surface area contributed by atoms with Crippen molar-refractivity contribution in [3.05, 3.63) is 65.2 Å². The molecule has 38 heavy (non-hydrogen) atoms. The van der Waals surface area contributed by atoms with Gasteiger partial charge < -0.3 is 0 Å². The van der Waals surface area contributed by atoms with Crippen LogP contribution < -0.4 is 0 Å². The minimum atomic E-state index is -4.43. The number of benzene rings is 2. The minimum absolute atomic E-state index is 0.140. The lowest BCUT2D eigenvalue weighted by Crippen LogP contribution is -2.59. The zero-order chi connectivity index (χ0) is 27.9. The van der Waals surface area contributed by atoms with Crippen molar-refractivity contribution in [1.29, 1.82) is 0 Å². The maximum atomic E-state index is 13.8. The number of halogens is 3. The average molecular weight is 553 g/mol. The number of hydrogen-bond acceptors (Lipinski definition) is 4. The van der Waals surface area contributed by atoms with E-state index in [9.17, 15) is 21.6 Å². The lowest BCUT2D eigenvalue weighted by molar-refractivity contribution is -0.285. The molecular weight excluding hydrogens is 513 g/mol. The topological polar surface area (TPSA) is 49.9 Å². The van der Waals surface area contributed by atoms with Gasteiger partial charge >= 0.3 is 6.18 Å². The molecule has 0 unspecified atom stereocenters. The van der Waals surface area contributed by atoms with Gasteiger partial charge in [-0.05, 0) is 96.4 Å². The Labute approximate surface area is 225 Å². The average Bonchev–Trinajstić information content (AvgIpc) is 3.21. The second-order valence-corrected chi connectivity index (χ2v) is 13.9. The number of hydrogen-bond donors (Lipinski definition) is 0. The molecule has 2 aromatic carbocycles. The zero-order valence-electron chi connectivity index (χ0n) is 22.9. The van der Waals surface area contributed by atoms with Gasteiger partial charge in [0.2, 0.25) is 10.0 Å². The van der Waals surface area contributed by atoms with Gasteiger partial charge in [0.1, 0.15) is 0 Å². The van der Waals surface area contributed by atoms with E-state index in [0.717, 1.165) is 30.9 Å². The predicted octanol–water partition coefficient (Wildman–Crippen LogP) is 6.61. The van der Waals surface area contributed by atoms with E-state index in [1.807, 2.05) is 12.0 Å². The van der Waals surface area contributed by atoms with Crippen LogP contribution in [0.2, 0.25) is 0 Å². The van der Waals surface area contributed by atoms with Gasteiger partial charge in [-0.15, -0.1) is 0 Å². The van der Waals surface area contributed by atoms with Crippen molar-refractivity contribution in [1.82, 2.24) is 9.37 Å². The molecule has 0 aromatic heterocycles. The highest BCUT2D eigenvalue weighted by Crippen LogP contribution is 2.40. The number of alkyl halides is 3. The van der Waals surface area contributed by atoms with Crippen molar-refractivity contribution in [2.75, 3.05) is 13.2 Å². The Morgan fingerprint density at radius 1 is 1.00 bits per heavy atom. The second-order valence-electron chi connectivity index (χ2n) is 12.0. The third-order valence-electron chi connectivity index (χ3n) is 8.07. The highest BCUT2D eigenvalue weighted by Gasteiger charge is 2.46. The zero-order valence-corrected chi connectivity index (χ0v) is 23.7. The van der Waals surface area contributed by atoms with Crippen LogP contribution in [-0.4, -0.2) is 48.1 Å². The number of aryl methyl sites for hydroxylation is 1. The van der Waals surface area contributed by atoms with Crippen LogP contribution in [0.15, 0.2) is 53.4 Å². The van der Waals surface area contributed by atoms with Crippen LogP contribution in [0.5, 0.6) is 0 Å². The fourth-order valence-electron chi connectivity index (χ4n) is 6.14. The summed E-state index contributed by atoms with van der Waals surface area (Å²) in [6.45, 7) is 10.8. The number of rotatable bonds is 7. The lowest BCUT2D eigenvalue weighted by atomic mass is 9.82. The van der Waals surface area contributed by atoms with E-state index in [2.05, 4.69) is 27.7 Å². The predicted molar refractivity (Wildman–Crippen MR) is 142 cm³/mol. The van der Waals surface area contributed by atoms with Crippen molar-refractivity contribution in [3.63, 3.8) is 0 Å². The molecule has 0 aliphatic carbocycles. The standard InChI is InChI=1S/C29H39F3N2O3S/c1-21-10-12-25(13-11-21)38(35,36)33-17-14-23(18-22-8-6-9-24(19-22)29(30,31)32)26(33)20-37-34-27(2,3)15-7-16-28(34,4)5/h6,8-13,19,23,26H,7,14-18,20H2,1-5H3/t23-,26-/m1/s1. The Balaban J connectivity index is 1.64. The molecular formula is C29H39F3N2O3S. The van der Waals surface area contributed by atoms with Crippen LogP contribution in [0, 0.1) is 12.8 Å². The van der Waals surface area contributed by atoms with Gasteiger partial charge in [0, 0.05) is 17.6 Å². The van der Waals surface area contributed by atoms with Crippen LogP contribution in [0.25, 0.3) is 0 Å². The summed E-state index contributed by atoms with van der Waals surface area (Å²) in [5.41, 5.74) is 0.363. The summed E-state index contributed by atoms with van der Waals surface area (Å²) < 4.78 is 69.1. The molecule has 0 radical (unpaired) electrons. The highest BCUT2D eigenvalue weighted by molar-refractivity contribution is 7.89. The maximum Gasteiger partial charge on any atom is 0.416 e. The van der Waals surface area contributed by atoms with Crippen molar-refractivity contribution in [2.24, 2.45) is 5.92 Å². The molecule has 2 aliphatic heterocycles. The molecule has 5 nitrogen and oxygen atoms in total. The third-order valence-corrected chi connectivity index (χ3v) is 10.0. The Morgan fingerprint density at radius 3 is 2.24 bits per heavy atom. The van der Waals surface area contributed by atoms with Crippen LogP contribution in [0.1, 0.15) is 70.1 Å². The first-order chi connectivity index (χ1) is 17.6. The molecule has 0 saturated carbocycles. The fourth-order valence-corrected chi connectivity index (χ4v) is 7.83. The summed E-state index contributed by atoms with van der Waals surface area (Å²) in [6.07, 6.45) is -0.553. The van der Waals surface area contributed by atoms with E-state index < -0.39 is 27.8 Å². The summed E-state index contributed by atoms with van der Waals surface area (Å²) >= 11 is 0. The SMILES string of the molecule is Cc1ccc(S(=O)(=O)N2CC[C@H](Cc3cccc(C(F)(F)F)c3)[C@H]2CON2C(C)(C)CCCC2(C)C)cc1. The van der Waals surface area contributed by atoms with Gasteiger partial charge in [0.15, 0.2) is 0 Å². The monoisotopic (exact) mass is 552 g/mol. The summed E-state index contributed by atoms with van der Waals surface area (Å²) in [5.74, 6) is -0.185. The normalized spacial score (nSPS) is 24.5. The van der Waals surface area contributed by atoms with Gasteiger partial charge in [-0.3, -0.25) is 4.84 Å². The van der Waals surface area contributed by atoms with Crippen molar-refractivity contribution < 1.29 is 26.4 Å². The molecule has 2 saturated heterocycles. The number of nitrogens with zero attached hydrogens (tertiary/aromatic N) is 2. The van der Waals surface area contributed by atoms with Gasteiger partial charge in [-0.2, -0.15) is 22.5 Å². The Hall–Kier alpha value is -1.94.